The molecule has 15 heavy (non-hydrogen) atoms. The SMILES string of the molecule is CCC(Nc1c(C)cccc1N)C(C)C. The largest absolute Gasteiger partial charge is 0.397 e. The second kappa shape index (κ2) is 5.06. The number of para-hydroxylation sites is 1. The van der Waals surface area contributed by atoms with Crippen LogP contribution in [0.5, 0.6) is 0 Å². The molecule has 2 heteroatoms. The Kier molecular flexibility index (Phi) is 4.01. The van der Waals surface area contributed by atoms with Crippen molar-refractivity contribution in [2.45, 2.75) is 40.2 Å². The highest BCUT2D eigenvalue weighted by atomic mass is 14.9. The molecule has 1 atom stereocenters. The zero-order chi connectivity index (χ0) is 11.4. The van der Waals surface area contributed by atoms with Gasteiger partial charge in [0, 0.05) is 6.04 Å². The van der Waals surface area contributed by atoms with Gasteiger partial charge in [0.1, 0.15) is 0 Å². The highest BCUT2D eigenvalue weighted by Gasteiger charge is 2.12. The van der Waals surface area contributed by atoms with E-state index < -0.39 is 0 Å². The lowest BCUT2D eigenvalue weighted by Crippen LogP contribution is -2.25. The topological polar surface area (TPSA) is 38.0 Å². The third-order valence-corrected chi connectivity index (χ3v) is 2.88. The molecule has 2 nitrogen and oxygen atoms in total. The van der Waals surface area contributed by atoms with E-state index in [0.717, 1.165) is 17.8 Å². The van der Waals surface area contributed by atoms with Crippen molar-refractivity contribution in [2.24, 2.45) is 5.92 Å². The van der Waals surface area contributed by atoms with Gasteiger partial charge in [0.2, 0.25) is 0 Å². The first-order chi connectivity index (χ1) is 7.06. The van der Waals surface area contributed by atoms with Crippen LogP contribution in [0.15, 0.2) is 18.2 Å². The molecule has 0 aromatic heterocycles. The van der Waals surface area contributed by atoms with Gasteiger partial charge >= 0.3 is 0 Å². The van der Waals surface area contributed by atoms with Crippen LogP contribution >= 0.6 is 0 Å². The van der Waals surface area contributed by atoms with Gasteiger partial charge in [-0.05, 0) is 30.9 Å². The van der Waals surface area contributed by atoms with E-state index in [1.165, 1.54) is 5.56 Å². The second-order valence-electron chi connectivity index (χ2n) is 4.44. The van der Waals surface area contributed by atoms with Gasteiger partial charge in [-0.1, -0.05) is 32.9 Å². The van der Waals surface area contributed by atoms with Gasteiger partial charge in [-0.25, -0.2) is 0 Å². The summed E-state index contributed by atoms with van der Waals surface area (Å²) < 4.78 is 0. The zero-order valence-corrected chi connectivity index (χ0v) is 10.2. The fraction of sp³-hybridized carbons (Fsp3) is 0.538. The molecule has 0 radical (unpaired) electrons. The number of benzene rings is 1. The number of anilines is 2. The molecule has 84 valence electrons. The average molecular weight is 206 g/mol. The van der Waals surface area contributed by atoms with Gasteiger partial charge in [0.15, 0.2) is 0 Å². The molecular weight excluding hydrogens is 184 g/mol. The molecule has 0 heterocycles. The standard InChI is InChI=1S/C13H22N2/c1-5-12(9(2)3)15-13-10(4)7-6-8-11(13)14/h6-9,12,15H,5,14H2,1-4H3. The average Bonchev–Trinajstić information content (AvgIpc) is 2.17. The lowest BCUT2D eigenvalue weighted by atomic mass is 10.0. The Morgan fingerprint density at radius 2 is 2.00 bits per heavy atom. The quantitative estimate of drug-likeness (QED) is 0.741. The van der Waals surface area contributed by atoms with Gasteiger partial charge in [-0.2, -0.15) is 0 Å². The van der Waals surface area contributed by atoms with Crippen LogP contribution in [0.4, 0.5) is 11.4 Å². The number of nitrogens with two attached hydrogens (primary N) is 1. The predicted octanol–water partition coefficient (Wildman–Crippen LogP) is 3.42. The summed E-state index contributed by atoms with van der Waals surface area (Å²) in [5.74, 6) is 0.619. The van der Waals surface area contributed by atoms with Gasteiger partial charge in [-0.15, -0.1) is 0 Å². The minimum Gasteiger partial charge on any atom is -0.397 e. The van der Waals surface area contributed by atoms with Gasteiger partial charge in [-0.3, -0.25) is 0 Å². The van der Waals surface area contributed by atoms with E-state index in [1.807, 2.05) is 12.1 Å². The Labute approximate surface area is 92.9 Å². The first-order valence-corrected chi connectivity index (χ1v) is 5.67. The van der Waals surface area contributed by atoms with E-state index >= 15 is 0 Å². The molecule has 0 aliphatic heterocycles. The smallest absolute Gasteiger partial charge is 0.0605 e. The molecule has 1 unspecified atom stereocenters. The van der Waals surface area contributed by atoms with Gasteiger partial charge in [0.25, 0.3) is 0 Å². The molecule has 0 spiro atoms. The fourth-order valence-corrected chi connectivity index (χ4v) is 1.81. The molecule has 0 aliphatic rings. The second-order valence-corrected chi connectivity index (χ2v) is 4.44. The normalized spacial score (nSPS) is 12.9. The molecule has 0 saturated carbocycles. The van der Waals surface area contributed by atoms with Crippen molar-refractivity contribution >= 4 is 11.4 Å². The Hall–Kier alpha value is -1.18. The molecule has 0 bridgehead atoms. The fourth-order valence-electron chi connectivity index (χ4n) is 1.81. The van der Waals surface area contributed by atoms with Gasteiger partial charge < -0.3 is 11.1 Å². The van der Waals surface area contributed by atoms with E-state index in [1.54, 1.807) is 0 Å². The number of aryl methyl sites for hydroxylation is 1. The van der Waals surface area contributed by atoms with Crippen LogP contribution in [0, 0.1) is 12.8 Å². The number of hydrogen-bond donors (Lipinski definition) is 2. The highest BCUT2D eigenvalue weighted by Crippen LogP contribution is 2.25. The maximum Gasteiger partial charge on any atom is 0.0605 e. The van der Waals surface area contributed by atoms with Crippen molar-refractivity contribution in [3.8, 4) is 0 Å². The minimum atomic E-state index is 0.494. The Morgan fingerprint density at radius 1 is 1.33 bits per heavy atom. The lowest BCUT2D eigenvalue weighted by Gasteiger charge is -2.24. The first kappa shape index (κ1) is 11.9. The summed E-state index contributed by atoms with van der Waals surface area (Å²) in [6.45, 7) is 8.75. The molecule has 3 N–H and O–H groups in total. The Bertz CT molecular complexity index is 298. The van der Waals surface area contributed by atoms with Gasteiger partial charge in [0.05, 0.1) is 11.4 Å². The lowest BCUT2D eigenvalue weighted by molar-refractivity contribution is 0.511. The predicted molar refractivity (Wildman–Crippen MR) is 68.1 cm³/mol. The molecule has 0 amide bonds. The van der Waals surface area contributed by atoms with Crippen molar-refractivity contribution in [2.75, 3.05) is 11.1 Å². The maximum atomic E-state index is 5.96. The number of nitrogen functional groups attached to an aromatic ring is 1. The van der Waals surface area contributed by atoms with Crippen molar-refractivity contribution in [3.05, 3.63) is 23.8 Å². The third-order valence-electron chi connectivity index (χ3n) is 2.88. The summed E-state index contributed by atoms with van der Waals surface area (Å²) in [5, 5.41) is 3.54. The van der Waals surface area contributed by atoms with E-state index in [-0.39, 0.29) is 0 Å². The van der Waals surface area contributed by atoms with E-state index in [4.69, 9.17) is 5.73 Å². The van der Waals surface area contributed by atoms with Crippen LogP contribution in [0.3, 0.4) is 0 Å². The Morgan fingerprint density at radius 3 is 2.47 bits per heavy atom. The van der Waals surface area contributed by atoms with Crippen molar-refractivity contribution in [1.29, 1.82) is 0 Å². The minimum absolute atomic E-state index is 0.494. The molecular formula is C13H22N2. The van der Waals surface area contributed by atoms with E-state index in [2.05, 4.69) is 39.1 Å². The molecule has 0 fully saturated rings. The van der Waals surface area contributed by atoms with Crippen LogP contribution in [0.1, 0.15) is 32.8 Å². The zero-order valence-electron chi connectivity index (χ0n) is 10.2. The number of rotatable bonds is 4. The van der Waals surface area contributed by atoms with Crippen LogP contribution in [-0.2, 0) is 0 Å². The number of hydrogen-bond acceptors (Lipinski definition) is 2. The highest BCUT2D eigenvalue weighted by molar-refractivity contribution is 5.70. The Balaban J connectivity index is 2.87. The van der Waals surface area contributed by atoms with Crippen molar-refractivity contribution < 1.29 is 0 Å². The van der Waals surface area contributed by atoms with Crippen LogP contribution in [0.25, 0.3) is 0 Å². The van der Waals surface area contributed by atoms with Crippen LogP contribution in [0.2, 0.25) is 0 Å². The summed E-state index contributed by atoms with van der Waals surface area (Å²) in [5.41, 5.74) is 9.12. The monoisotopic (exact) mass is 206 g/mol. The van der Waals surface area contributed by atoms with Crippen LogP contribution < -0.4 is 11.1 Å². The molecule has 1 aromatic rings. The summed E-state index contributed by atoms with van der Waals surface area (Å²) in [4.78, 5) is 0. The summed E-state index contributed by atoms with van der Waals surface area (Å²) in [6.07, 6.45) is 1.12. The first-order valence-electron chi connectivity index (χ1n) is 5.67. The summed E-state index contributed by atoms with van der Waals surface area (Å²) >= 11 is 0. The van der Waals surface area contributed by atoms with Crippen molar-refractivity contribution in [1.82, 2.24) is 0 Å². The van der Waals surface area contributed by atoms with Crippen molar-refractivity contribution in [3.63, 3.8) is 0 Å². The maximum absolute atomic E-state index is 5.96. The molecule has 1 rings (SSSR count). The molecule has 0 aliphatic carbocycles. The van der Waals surface area contributed by atoms with Crippen LogP contribution in [-0.4, -0.2) is 6.04 Å². The van der Waals surface area contributed by atoms with E-state index in [9.17, 15) is 0 Å². The third kappa shape index (κ3) is 2.88. The number of nitrogens with one attached hydrogen (secondary N) is 1. The molecule has 1 aromatic carbocycles. The summed E-state index contributed by atoms with van der Waals surface area (Å²) in [7, 11) is 0. The van der Waals surface area contributed by atoms with E-state index in [0.29, 0.717) is 12.0 Å². The summed E-state index contributed by atoms with van der Waals surface area (Å²) in [6, 6.07) is 6.52. The molecule has 0 saturated heterocycles.